The van der Waals surface area contributed by atoms with Gasteiger partial charge in [-0.1, -0.05) is 29.7 Å². The Morgan fingerprint density at radius 1 is 1.22 bits per heavy atom. The molecule has 2 radical (unpaired) electrons. The van der Waals surface area contributed by atoms with Crippen molar-refractivity contribution < 1.29 is 9.53 Å². The summed E-state index contributed by atoms with van der Waals surface area (Å²) in [5.41, 5.74) is 2.92. The van der Waals surface area contributed by atoms with Crippen LogP contribution in [0.4, 0.5) is 0 Å². The van der Waals surface area contributed by atoms with Crippen LogP contribution in [0.25, 0.3) is 11.3 Å². The first-order valence-electron chi connectivity index (χ1n) is 5.70. The van der Waals surface area contributed by atoms with E-state index >= 15 is 0 Å². The van der Waals surface area contributed by atoms with E-state index in [1.54, 1.807) is 19.1 Å². The first-order chi connectivity index (χ1) is 8.70. The third-order valence-electron chi connectivity index (χ3n) is 2.48. The van der Waals surface area contributed by atoms with Gasteiger partial charge in [-0.2, -0.15) is 0 Å². The summed E-state index contributed by atoms with van der Waals surface area (Å²) in [7, 11) is 5.62. The molecule has 0 aliphatic carbocycles. The maximum absolute atomic E-state index is 11.5. The number of carbonyl (C=O) groups is 1. The summed E-state index contributed by atoms with van der Waals surface area (Å²) >= 11 is 0. The molecule has 0 amide bonds. The molecule has 0 aliphatic heterocycles. The van der Waals surface area contributed by atoms with Gasteiger partial charge in [-0.3, -0.25) is 4.98 Å². The second kappa shape index (κ2) is 5.49. The fourth-order valence-electron chi connectivity index (χ4n) is 1.55. The molecule has 0 fully saturated rings. The Hall–Kier alpha value is -2.10. The zero-order valence-corrected chi connectivity index (χ0v) is 10.1. The van der Waals surface area contributed by atoms with Crippen LogP contribution in [0.3, 0.4) is 0 Å². The van der Waals surface area contributed by atoms with Crippen LogP contribution in [-0.4, -0.2) is 25.4 Å². The van der Waals surface area contributed by atoms with Gasteiger partial charge in [0.1, 0.15) is 7.85 Å². The zero-order valence-electron chi connectivity index (χ0n) is 10.1. The number of hydrogen-bond donors (Lipinski definition) is 0. The molecule has 2 aromatic rings. The van der Waals surface area contributed by atoms with Crippen LogP contribution >= 0.6 is 0 Å². The van der Waals surface area contributed by atoms with Crippen molar-refractivity contribution in [3.63, 3.8) is 0 Å². The molecule has 0 saturated carbocycles. The lowest BCUT2D eigenvalue weighted by molar-refractivity contribution is 0.0526. The number of aromatic nitrogens is 1. The van der Waals surface area contributed by atoms with Crippen molar-refractivity contribution in [2.45, 2.75) is 6.92 Å². The Kier molecular flexibility index (Phi) is 3.77. The highest BCUT2D eigenvalue weighted by Gasteiger charge is 2.07. The molecule has 0 N–H and O–H groups in total. The lowest BCUT2D eigenvalue weighted by Gasteiger charge is -2.04. The zero-order chi connectivity index (χ0) is 13.0. The van der Waals surface area contributed by atoms with Gasteiger partial charge < -0.3 is 4.74 Å². The molecule has 0 atom stereocenters. The van der Waals surface area contributed by atoms with Crippen molar-refractivity contribution in [2.24, 2.45) is 0 Å². The van der Waals surface area contributed by atoms with Crippen molar-refractivity contribution in [1.82, 2.24) is 4.98 Å². The molecule has 1 heterocycles. The Bertz CT molecular complexity index is 535. The number of hydrogen-bond acceptors (Lipinski definition) is 3. The molecular weight excluding hydrogens is 225 g/mol. The van der Waals surface area contributed by atoms with Crippen LogP contribution in [0, 0.1) is 0 Å². The lowest BCUT2D eigenvalue weighted by Crippen LogP contribution is -2.05. The highest BCUT2D eigenvalue weighted by Crippen LogP contribution is 2.15. The smallest absolute Gasteiger partial charge is 0.339 e. The highest BCUT2D eigenvalue weighted by molar-refractivity contribution is 6.32. The van der Waals surface area contributed by atoms with E-state index in [0.717, 1.165) is 11.3 Å². The molecule has 0 aliphatic rings. The number of esters is 1. The molecule has 1 aromatic heterocycles. The molecule has 3 nitrogen and oxygen atoms in total. The summed E-state index contributed by atoms with van der Waals surface area (Å²) in [5.74, 6) is -0.353. The van der Waals surface area contributed by atoms with E-state index in [0.29, 0.717) is 17.6 Å². The summed E-state index contributed by atoms with van der Waals surface area (Å²) in [4.78, 5) is 15.7. The van der Waals surface area contributed by atoms with Gasteiger partial charge >= 0.3 is 5.97 Å². The van der Waals surface area contributed by atoms with Crippen molar-refractivity contribution >= 4 is 19.3 Å². The van der Waals surface area contributed by atoms with Crippen LogP contribution in [0.1, 0.15) is 17.3 Å². The molecule has 18 heavy (non-hydrogen) atoms. The molecule has 2 rings (SSSR count). The first-order valence-corrected chi connectivity index (χ1v) is 5.70. The maximum atomic E-state index is 11.5. The van der Waals surface area contributed by atoms with E-state index in [2.05, 4.69) is 4.98 Å². The van der Waals surface area contributed by atoms with Crippen LogP contribution in [-0.2, 0) is 4.74 Å². The summed E-state index contributed by atoms with van der Waals surface area (Å²) < 4.78 is 4.89. The fourth-order valence-corrected chi connectivity index (χ4v) is 1.55. The van der Waals surface area contributed by atoms with Gasteiger partial charge in [0, 0.05) is 11.8 Å². The lowest BCUT2D eigenvalue weighted by atomic mass is 9.95. The Morgan fingerprint density at radius 2 is 1.94 bits per heavy atom. The Balaban J connectivity index is 2.22. The second-order valence-corrected chi connectivity index (χ2v) is 3.77. The molecule has 1 aromatic carbocycles. The monoisotopic (exact) mass is 237 g/mol. The summed E-state index contributed by atoms with van der Waals surface area (Å²) in [6, 6.07) is 10.9. The molecule has 4 heteroatoms. The third-order valence-corrected chi connectivity index (χ3v) is 2.48. The van der Waals surface area contributed by atoms with E-state index in [4.69, 9.17) is 12.6 Å². The first kappa shape index (κ1) is 12.4. The summed E-state index contributed by atoms with van der Waals surface area (Å²) in [6.07, 6.45) is 1.52. The number of nitrogens with zero attached hydrogens (tertiary/aromatic N) is 1. The number of ether oxygens (including phenoxy) is 1. The topological polar surface area (TPSA) is 39.2 Å². The van der Waals surface area contributed by atoms with Crippen LogP contribution in [0.15, 0.2) is 42.6 Å². The van der Waals surface area contributed by atoms with Gasteiger partial charge in [0.15, 0.2) is 0 Å². The fraction of sp³-hybridized carbons (Fsp3) is 0.143. The predicted octanol–water partition coefficient (Wildman–Crippen LogP) is 1.72. The SMILES string of the molecule is [B]c1ccc(-c2ccc(C(=O)OCC)cn2)cc1. The second-order valence-electron chi connectivity index (χ2n) is 3.77. The Morgan fingerprint density at radius 3 is 2.50 bits per heavy atom. The van der Waals surface area contributed by atoms with E-state index in [1.165, 1.54) is 6.20 Å². The minimum absolute atomic E-state index is 0.353. The number of benzene rings is 1. The van der Waals surface area contributed by atoms with E-state index in [1.807, 2.05) is 24.3 Å². The third kappa shape index (κ3) is 2.77. The van der Waals surface area contributed by atoms with Crippen LogP contribution in [0.5, 0.6) is 0 Å². The van der Waals surface area contributed by atoms with Gasteiger partial charge in [-0.15, -0.1) is 0 Å². The predicted molar refractivity (Wildman–Crippen MR) is 71.0 cm³/mol. The summed E-state index contributed by atoms with van der Waals surface area (Å²) in [5, 5.41) is 0. The van der Waals surface area contributed by atoms with Gasteiger partial charge in [0.05, 0.1) is 17.9 Å². The minimum Gasteiger partial charge on any atom is -0.462 e. The van der Waals surface area contributed by atoms with E-state index in [-0.39, 0.29) is 5.97 Å². The van der Waals surface area contributed by atoms with Gasteiger partial charge in [-0.25, -0.2) is 4.79 Å². The standard InChI is InChI=1S/C14H12BNO2/c1-2-18-14(17)11-5-8-13(16-9-11)10-3-6-12(15)7-4-10/h3-9H,2H2,1H3. The van der Waals surface area contributed by atoms with Crippen molar-refractivity contribution in [1.29, 1.82) is 0 Å². The molecule has 0 saturated heterocycles. The van der Waals surface area contributed by atoms with Gasteiger partial charge in [0.25, 0.3) is 0 Å². The molecule has 0 unspecified atom stereocenters. The molecule has 0 spiro atoms. The largest absolute Gasteiger partial charge is 0.462 e. The molecular formula is C14H12BNO2. The van der Waals surface area contributed by atoms with Gasteiger partial charge in [0.2, 0.25) is 0 Å². The minimum atomic E-state index is -0.353. The normalized spacial score (nSPS) is 10.1. The average molecular weight is 237 g/mol. The van der Waals surface area contributed by atoms with Crippen molar-refractivity contribution in [2.75, 3.05) is 6.61 Å². The quantitative estimate of drug-likeness (QED) is 0.602. The number of pyridine rings is 1. The van der Waals surface area contributed by atoms with Crippen LogP contribution in [0.2, 0.25) is 0 Å². The summed E-state index contributed by atoms with van der Waals surface area (Å²) in [6.45, 7) is 2.13. The molecule has 88 valence electrons. The van der Waals surface area contributed by atoms with Crippen LogP contribution < -0.4 is 5.46 Å². The molecule has 0 bridgehead atoms. The van der Waals surface area contributed by atoms with Crippen molar-refractivity contribution in [3.05, 3.63) is 48.2 Å². The average Bonchev–Trinajstić information content (AvgIpc) is 2.40. The maximum Gasteiger partial charge on any atom is 0.339 e. The van der Waals surface area contributed by atoms with E-state index in [9.17, 15) is 4.79 Å². The van der Waals surface area contributed by atoms with Gasteiger partial charge in [-0.05, 0) is 19.1 Å². The number of carbonyl (C=O) groups excluding carboxylic acids is 1. The van der Waals surface area contributed by atoms with E-state index < -0.39 is 0 Å². The highest BCUT2D eigenvalue weighted by atomic mass is 16.5. The number of rotatable bonds is 3. The Labute approximate surface area is 107 Å². The van der Waals surface area contributed by atoms with Crippen molar-refractivity contribution in [3.8, 4) is 11.3 Å².